The molecule has 2 aromatic heterocycles. The Kier molecular flexibility index (Phi) is 4.31. The lowest BCUT2D eigenvalue weighted by atomic mass is 10.1. The molecule has 0 radical (unpaired) electrons. The largest absolute Gasteiger partial charge is 0.481 e. The summed E-state index contributed by atoms with van der Waals surface area (Å²) in [7, 11) is 1.94. The van der Waals surface area contributed by atoms with Gasteiger partial charge in [-0.25, -0.2) is 0 Å². The third-order valence-electron chi connectivity index (χ3n) is 4.33. The van der Waals surface area contributed by atoms with E-state index in [1.54, 1.807) is 17.7 Å². The Balaban J connectivity index is 1.89. The minimum atomic E-state index is -0.881. The van der Waals surface area contributed by atoms with Crippen molar-refractivity contribution >= 4 is 28.5 Å². The van der Waals surface area contributed by atoms with Crippen LogP contribution in [0, 0.1) is 13.8 Å². The number of fused-ring (bicyclic) bond motifs is 1. The Morgan fingerprint density at radius 1 is 1.24 bits per heavy atom. The van der Waals surface area contributed by atoms with Gasteiger partial charge in [0.2, 0.25) is 0 Å². The van der Waals surface area contributed by atoms with Gasteiger partial charge in [-0.05, 0) is 32.0 Å². The van der Waals surface area contributed by atoms with Crippen LogP contribution in [0.3, 0.4) is 0 Å². The van der Waals surface area contributed by atoms with Crippen molar-refractivity contribution in [1.29, 1.82) is 0 Å². The smallest absolute Gasteiger partial charge is 0.305 e. The second-order valence-corrected chi connectivity index (χ2v) is 6.03. The first-order chi connectivity index (χ1) is 11.9. The molecule has 3 rings (SSSR count). The van der Waals surface area contributed by atoms with Crippen molar-refractivity contribution < 1.29 is 14.7 Å². The van der Waals surface area contributed by atoms with Crippen LogP contribution in [0.4, 0.5) is 5.69 Å². The topological polar surface area (TPSA) is 89.2 Å². The number of amides is 1. The lowest BCUT2D eigenvalue weighted by Gasteiger charge is -2.08. The van der Waals surface area contributed by atoms with Gasteiger partial charge in [0.15, 0.2) is 0 Å². The molecular formula is C18H20N4O3. The van der Waals surface area contributed by atoms with Gasteiger partial charge in [-0.15, -0.1) is 0 Å². The first-order valence-electron chi connectivity index (χ1n) is 7.99. The van der Waals surface area contributed by atoms with Crippen LogP contribution in [0.25, 0.3) is 10.9 Å². The first kappa shape index (κ1) is 16.8. The summed E-state index contributed by atoms with van der Waals surface area (Å²) in [5.41, 5.74) is 3.61. The molecule has 3 aromatic rings. The van der Waals surface area contributed by atoms with Crippen molar-refractivity contribution in [1.82, 2.24) is 14.3 Å². The van der Waals surface area contributed by atoms with Crippen LogP contribution >= 0.6 is 0 Å². The zero-order valence-electron chi connectivity index (χ0n) is 14.4. The van der Waals surface area contributed by atoms with E-state index in [0.29, 0.717) is 16.9 Å². The Hall–Kier alpha value is -3.09. The average molecular weight is 340 g/mol. The monoisotopic (exact) mass is 340 g/mol. The summed E-state index contributed by atoms with van der Waals surface area (Å²) >= 11 is 0. The molecule has 1 aromatic carbocycles. The van der Waals surface area contributed by atoms with Gasteiger partial charge >= 0.3 is 5.97 Å². The van der Waals surface area contributed by atoms with Crippen LogP contribution in [0.15, 0.2) is 30.5 Å². The molecule has 0 saturated heterocycles. The number of benzene rings is 1. The molecule has 7 nitrogen and oxygen atoms in total. The van der Waals surface area contributed by atoms with E-state index < -0.39 is 5.97 Å². The maximum absolute atomic E-state index is 12.8. The molecule has 7 heteroatoms. The number of carboxylic acids is 1. The van der Waals surface area contributed by atoms with Crippen LogP contribution in [0.1, 0.15) is 28.2 Å². The number of aliphatic carboxylic acids is 1. The van der Waals surface area contributed by atoms with Crippen LogP contribution in [0.5, 0.6) is 0 Å². The number of nitrogens with zero attached hydrogens (tertiary/aromatic N) is 3. The normalized spacial score (nSPS) is 11.0. The summed E-state index contributed by atoms with van der Waals surface area (Å²) in [4.78, 5) is 23.5. The molecule has 0 aliphatic heterocycles. The number of carbonyl (C=O) groups excluding carboxylic acids is 1. The Morgan fingerprint density at radius 2 is 2.00 bits per heavy atom. The van der Waals surface area contributed by atoms with E-state index in [1.165, 1.54) is 0 Å². The second kappa shape index (κ2) is 6.43. The lowest BCUT2D eigenvalue weighted by molar-refractivity contribution is -0.137. The van der Waals surface area contributed by atoms with Crippen molar-refractivity contribution in [3.63, 3.8) is 0 Å². The van der Waals surface area contributed by atoms with Gasteiger partial charge in [0.05, 0.1) is 30.0 Å². The number of carboxylic acid groups (broad SMARTS) is 1. The van der Waals surface area contributed by atoms with Crippen molar-refractivity contribution in [3.05, 3.63) is 47.4 Å². The number of rotatable bonds is 5. The molecule has 0 unspecified atom stereocenters. The molecule has 0 saturated carbocycles. The highest BCUT2D eigenvalue weighted by atomic mass is 16.4. The molecule has 130 valence electrons. The number of hydrogen-bond acceptors (Lipinski definition) is 3. The van der Waals surface area contributed by atoms with Gasteiger partial charge < -0.3 is 15.0 Å². The summed E-state index contributed by atoms with van der Waals surface area (Å²) in [6.07, 6.45) is 1.90. The Labute approximate surface area is 144 Å². The van der Waals surface area contributed by atoms with Gasteiger partial charge in [-0.1, -0.05) is 6.07 Å². The molecule has 0 bridgehead atoms. The third-order valence-corrected chi connectivity index (χ3v) is 4.33. The van der Waals surface area contributed by atoms with E-state index >= 15 is 0 Å². The molecule has 0 atom stereocenters. The summed E-state index contributed by atoms with van der Waals surface area (Å²) in [6, 6.07) is 7.53. The zero-order valence-corrected chi connectivity index (χ0v) is 14.4. The van der Waals surface area contributed by atoms with E-state index in [9.17, 15) is 9.59 Å². The summed E-state index contributed by atoms with van der Waals surface area (Å²) in [6.45, 7) is 3.88. The summed E-state index contributed by atoms with van der Waals surface area (Å²) in [5, 5.41) is 17.0. The fourth-order valence-corrected chi connectivity index (χ4v) is 2.98. The first-order valence-corrected chi connectivity index (χ1v) is 7.99. The van der Waals surface area contributed by atoms with Crippen LogP contribution in [-0.4, -0.2) is 31.3 Å². The van der Waals surface area contributed by atoms with Crippen LogP contribution < -0.4 is 5.32 Å². The van der Waals surface area contributed by atoms with Crippen molar-refractivity contribution in [2.75, 3.05) is 5.32 Å². The fraction of sp³-hybridized carbons (Fsp3) is 0.278. The van der Waals surface area contributed by atoms with Gasteiger partial charge in [-0.2, -0.15) is 5.10 Å². The maximum Gasteiger partial charge on any atom is 0.305 e. The molecule has 0 spiro atoms. The number of hydrogen-bond donors (Lipinski definition) is 2. The summed E-state index contributed by atoms with van der Waals surface area (Å²) < 4.78 is 3.58. The van der Waals surface area contributed by atoms with E-state index in [1.807, 2.05) is 42.9 Å². The Bertz CT molecular complexity index is 968. The fourth-order valence-electron chi connectivity index (χ4n) is 2.98. The van der Waals surface area contributed by atoms with E-state index in [-0.39, 0.29) is 18.9 Å². The number of nitrogens with one attached hydrogen (secondary N) is 1. The Morgan fingerprint density at radius 3 is 2.72 bits per heavy atom. The molecule has 2 N–H and O–H groups in total. The number of aromatic nitrogens is 3. The molecule has 0 aliphatic rings. The predicted octanol–water partition coefficient (Wildman–Crippen LogP) is 2.72. The molecule has 0 aliphatic carbocycles. The molecule has 1 amide bonds. The minimum absolute atomic E-state index is 0.0152. The standard InChI is InChI=1S/C18H20N4O3/c1-11-17(12(2)22(20-11)10-8-16(23)24)19-18(25)14-5-4-6-15-13(14)7-9-21(15)3/h4-7,9H,8,10H2,1-3H3,(H,19,25)(H,23,24). The van der Waals surface area contributed by atoms with Gasteiger partial charge in [-0.3, -0.25) is 14.3 Å². The molecular weight excluding hydrogens is 320 g/mol. The molecule has 2 heterocycles. The molecule has 25 heavy (non-hydrogen) atoms. The lowest BCUT2D eigenvalue weighted by Crippen LogP contribution is -2.14. The SMILES string of the molecule is Cc1nn(CCC(=O)O)c(C)c1NC(=O)c1cccc2c1ccn2C. The maximum atomic E-state index is 12.8. The molecule has 0 fully saturated rings. The van der Waals surface area contributed by atoms with Crippen molar-refractivity contribution in [2.45, 2.75) is 26.8 Å². The van der Waals surface area contributed by atoms with Gasteiger partial charge in [0.25, 0.3) is 5.91 Å². The van der Waals surface area contributed by atoms with E-state index in [0.717, 1.165) is 16.6 Å². The quantitative estimate of drug-likeness (QED) is 0.747. The highest BCUT2D eigenvalue weighted by Crippen LogP contribution is 2.24. The van der Waals surface area contributed by atoms with Crippen molar-refractivity contribution in [2.24, 2.45) is 7.05 Å². The van der Waals surface area contributed by atoms with Crippen LogP contribution in [0.2, 0.25) is 0 Å². The van der Waals surface area contributed by atoms with E-state index in [4.69, 9.17) is 5.11 Å². The highest BCUT2D eigenvalue weighted by molar-refractivity contribution is 6.13. The predicted molar refractivity (Wildman–Crippen MR) is 94.8 cm³/mol. The van der Waals surface area contributed by atoms with Gasteiger partial charge in [0.1, 0.15) is 0 Å². The highest BCUT2D eigenvalue weighted by Gasteiger charge is 2.17. The minimum Gasteiger partial charge on any atom is -0.481 e. The van der Waals surface area contributed by atoms with Crippen LogP contribution in [-0.2, 0) is 18.4 Å². The summed E-state index contributed by atoms with van der Waals surface area (Å²) in [5.74, 6) is -1.09. The van der Waals surface area contributed by atoms with Gasteiger partial charge in [0, 0.05) is 29.7 Å². The van der Waals surface area contributed by atoms with E-state index in [2.05, 4.69) is 10.4 Å². The number of anilines is 1. The average Bonchev–Trinajstić information content (AvgIpc) is 3.08. The van der Waals surface area contributed by atoms with Crippen molar-refractivity contribution in [3.8, 4) is 0 Å². The number of carbonyl (C=O) groups is 2. The zero-order chi connectivity index (χ0) is 18.1. The number of aryl methyl sites for hydroxylation is 3. The second-order valence-electron chi connectivity index (χ2n) is 6.03. The third kappa shape index (κ3) is 3.13.